The highest BCUT2D eigenvalue weighted by molar-refractivity contribution is 7.99. The lowest BCUT2D eigenvalue weighted by Crippen LogP contribution is -2.27. The van der Waals surface area contributed by atoms with Crippen LogP contribution in [-0.2, 0) is 11.3 Å². The number of hydrogen-bond donors (Lipinski definition) is 1. The first-order valence-electron chi connectivity index (χ1n) is 9.06. The maximum absolute atomic E-state index is 12.1. The molecular formula is C20H21N5OS. The molecule has 3 aromatic rings. The van der Waals surface area contributed by atoms with Crippen molar-refractivity contribution in [2.24, 2.45) is 5.92 Å². The standard InChI is InChI=1S/C20H21N5OS/c26-18(22-11-15-8-9-15)14-27-20-24-23-19(17-7-4-10-21-12-17)25(20)13-16-5-2-1-3-6-16/h1-7,10,12,15H,8-9,11,13-14H2,(H,22,26). The monoisotopic (exact) mass is 379 g/mol. The van der Waals surface area contributed by atoms with Gasteiger partial charge in [0.2, 0.25) is 5.91 Å². The molecule has 0 atom stereocenters. The number of carbonyl (C=O) groups excluding carboxylic acids is 1. The van der Waals surface area contributed by atoms with E-state index in [1.807, 2.05) is 34.9 Å². The Hall–Kier alpha value is -2.67. The summed E-state index contributed by atoms with van der Waals surface area (Å²) in [5.74, 6) is 1.82. The maximum atomic E-state index is 12.1. The van der Waals surface area contributed by atoms with Crippen molar-refractivity contribution in [2.75, 3.05) is 12.3 Å². The van der Waals surface area contributed by atoms with Gasteiger partial charge in [-0.1, -0.05) is 42.1 Å². The van der Waals surface area contributed by atoms with Crippen LogP contribution in [-0.4, -0.2) is 38.0 Å². The van der Waals surface area contributed by atoms with Crippen LogP contribution in [0.3, 0.4) is 0 Å². The van der Waals surface area contributed by atoms with Gasteiger partial charge in [-0.15, -0.1) is 10.2 Å². The van der Waals surface area contributed by atoms with Crippen molar-refractivity contribution >= 4 is 17.7 Å². The number of carbonyl (C=O) groups is 1. The lowest BCUT2D eigenvalue weighted by atomic mass is 10.2. The number of amides is 1. The fraction of sp³-hybridized carbons (Fsp3) is 0.300. The summed E-state index contributed by atoms with van der Waals surface area (Å²) in [6, 6.07) is 14.0. The average Bonchev–Trinajstić information content (AvgIpc) is 3.46. The minimum Gasteiger partial charge on any atom is -0.355 e. The molecule has 2 aromatic heterocycles. The minimum absolute atomic E-state index is 0.0455. The van der Waals surface area contributed by atoms with E-state index in [0.717, 1.165) is 28.7 Å². The number of nitrogens with zero attached hydrogens (tertiary/aromatic N) is 4. The first kappa shape index (κ1) is 17.7. The third-order valence-electron chi connectivity index (χ3n) is 4.44. The van der Waals surface area contributed by atoms with Crippen molar-refractivity contribution in [1.82, 2.24) is 25.1 Å². The molecule has 1 fully saturated rings. The number of benzene rings is 1. The van der Waals surface area contributed by atoms with E-state index in [0.29, 0.717) is 18.2 Å². The van der Waals surface area contributed by atoms with Crippen LogP contribution in [0.25, 0.3) is 11.4 Å². The summed E-state index contributed by atoms with van der Waals surface area (Å²) >= 11 is 1.42. The van der Waals surface area contributed by atoms with E-state index < -0.39 is 0 Å². The molecule has 0 bridgehead atoms. The summed E-state index contributed by atoms with van der Waals surface area (Å²) in [6.45, 7) is 1.43. The van der Waals surface area contributed by atoms with Gasteiger partial charge in [0, 0.05) is 24.5 Å². The number of nitrogens with one attached hydrogen (secondary N) is 1. The van der Waals surface area contributed by atoms with Gasteiger partial charge in [0.1, 0.15) is 0 Å². The number of hydrogen-bond acceptors (Lipinski definition) is 5. The Balaban J connectivity index is 1.52. The number of pyridine rings is 1. The van der Waals surface area contributed by atoms with Gasteiger partial charge in [0.25, 0.3) is 0 Å². The van der Waals surface area contributed by atoms with Gasteiger partial charge in [-0.25, -0.2) is 0 Å². The molecular weight excluding hydrogens is 358 g/mol. The average molecular weight is 379 g/mol. The molecule has 138 valence electrons. The van der Waals surface area contributed by atoms with E-state index in [4.69, 9.17) is 0 Å². The van der Waals surface area contributed by atoms with E-state index in [-0.39, 0.29) is 5.91 Å². The summed E-state index contributed by atoms with van der Waals surface area (Å²) in [7, 11) is 0. The Bertz CT molecular complexity index is 893. The second kappa shape index (κ2) is 8.35. The van der Waals surface area contributed by atoms with Crippen LogP contribution in [0.15, 0.2) is 60.0 Å². The molecule has 4 rings (SSSR count). The second-order valence-electron chi connectivity index (χ2n) is 6.66. The Kier molecular flexibility index (Phi) is 5.48. The highest BCUT2D eigenvalue weighted by atomic mass is 32.2. The van der Waals surface area contributed by atoms with Crippen LogP contribution >= 0.6 is 11.8 Å². The van der Waals surface area contributed by atoms with E-state index in [2.05, 4.69) is 32.6 Å². The normalized spacial score (nSPS) is 13.5. The Morgan fingerprint density at radius 1 is 1.15 bits per heavy atom. The predicted molar refractivity (Wildman–Crippen MR) is 105 cm³/mol. The van der Waals surface area contributed by atoms with Crippen molar-refractivity contribution < 1.29 is 4.79 Å². The molecule has 7 heteroatoms. The molecule has 1 aromatic carbocycles. The third kappa shape index (κ3) is 4.74. The quantitative estimate of drug-likeness (QED) is 0.609. The van der Waals surface area contributed by atoms with Crippen molar-refractivity contribution in [1.29, 1.82) is 0 Å². The van der Waals surface area contributed by atoms with Crippen molar-refractivity contribution in [2.45, 2.75) is 24.5 Å². The van der Waals surface area contributed by atoms with E-state index >= 15 is 0 Å². The summed E-state index contributed by atoms with van der Waals surface area (Å²) in [5, 5.41) is 12.4. The fourth-order valence-electron chi connectivity index (χ4n) is 2.77. The molecule has 0 radical (unpaired) electrons. The van der Waals surface area contributed by atoms with Crippen LogP contribution in [0.5, 0.6) is 0 Å². The predicted octanol–water partition coefficient (Wildman–Crippen LogP) is 3.01. The third-order valence-corrected chi connectivity index (χ3v) is 5.40. The van der Waals surface area contributed by atoms with Gasteiger partial charge in [0.15, 0.2) is 11.0 Å². The van der Waals surface area contributed by atoms with Crippen LogP contribution in [0, 0.1) is 5.92 Å². The molecule has 1 N–H and O–H groups in total. The SMILES string of the molecule is O=C(CSc1nnc(-c2cccnc2)n1Cc1ccccc1)NCC1CC1. The zero-order valence-corrected chi connectivity index (χ0v) is 15.7. The molecule has 0 spiro atoms. The molecule has 1 aliphatic carbocycles. The molecule has 1 amide bonds. The van der Waals surface area contributed by atoms with E-state index in [9.17, 15) is 4.79 Å². The Morgan fingerprint density at radius 3 is 2.74 bits per heavy atom. The highest BCUT2D eigenvalue weighted by Gasteiger charge is 2.22. The van der Waals surface area contributed by atoms with Crippen molar-refractivity contribution in [3.8, 4) is 11.4 Å². The van der Waals surface area contributed by atoms with Gasteiger partial charge in [-0.2, -0.15) is 0 Å². The number of aromatic nitrogens is 4. The van der Waals surface area contributed by atoms with Crippen molar-refractivity contribution in [3.63, 3.8) is 0 Å². The number of rotatable bonds is 8. The molecule has 0 unspecified atom stereocenters. The van der Waals surface area contributed by atoms with Gasteiger partial charge < -0.3 is 5.32 Å². The lowest BCUT2D eigenvalue weighted by Gasteiger charge is -2.10. The van der Waals surface area contributed by atoms with E-state index in [1.54, 1.807) is 12.4 Å². The van der Waals surface area contributed by atoms with Gasteiger partial charge >= 0.3 is 0 Å². The molecule has 6 nitrogen and oxygen atoms in total. The minimum atomic E-state index is 0.0455. The largest absolute Gasteiger partial charge is 0.355 e. The fourth-order valence-corrected chi connectivity index (χ4v) is 3.54. The van der Waals surface area contributed by atoms with Gasteiger partial charge in [0.05, 0.1) is 12.3 Å². The van der Waals surface area contributed by atoms with E-state index in [1.165, 1.54) is 24.6 Å². The van der Waals surface area contributed by atoms with Crippen LogP contribution < -0.4 is 5.32 Å². The van der Waals surface area contributed by atoms with Crippen LogP contribution in [0.4, 0.5) is 0 Å². The first-order chi connectivity index (χ1) is 13.3. The molecule has 27 heavy (non-hydrogen) atoms. The first-order valence-corrected chi connectivity index (χ1v) is 10.0. The summed E-state index contributed by atoms with van der Waals surface area (Å²) in [5.41, 5.74) is 2.06. The van der Waals surface area contributed by atoms with Crippen LogP contribution in [0.2, 0.25) is 0 Å². The molecule has 1 aliphatic rings. The zero-order chi connectivity index (χ0) is 18.5. The maximum Gasteiger partial charge on any atom is 0.230 e. The van der Waals surface area contributed by atoms with Crippen molar-refractivity contribution in [3.05, 3.63) is 60.4 Å². The van der Waals surface area contributed by atoms with Gasteiger partial charge in [-0.05, 0) is 36.5 Å². The molecule has 2 heterocycles. The zero-order valence-electron chi connectivity index (χ0n) is 14.9. The van der Waals surface area contributed by atoms with Gasteiger partial charge in [-0.3, -0.25) is 14.3 Å². The molecule has 0 aliphatic heterocycles. The summed E-state index contributed by atoms with van der Waals surface area (Å²) < 4.78 is 2.05. The topological polar surface area (TPSA) is 72.7 Å². The second-order valence-corrected chi connectivity index (χ2v) is 7.60. The molecule has 0 saturated heterocycles. The lowest BCUT2D eigenvalue weighted by molar-refractivity contribution is -0.118. The van der Waals surface area contributed by atoms with Crippen LogP contribution in [0.1, 0.15) is 18.4 Å². The Morgan fingerprint density at radius 2 is 2.00 bits per heavy atom. The highest BCUT2D eigenvalue weighted by Crippen LogP contribution is 2.28. The molecule has 1 saturated carbocycles. The number of thioether (sulfide) groups is 1. The summed E-state index contributed by atoms with van der Waals surface area (Å²) in [6.07, 6.45) is 5.98. The summed E-state index contributed by atoms with van der Waals surface area (Å²) in [4.78, 5) is 16.3. The smallest absolute Gasteiger partial charge is 0.230 e. The Labute approximate surface area is 162 Å².